The van der Waals surface area contributed by atoms with Crippen LogP contribution in [0.3, 0.4) is 0 Å². The van der Waals surface area contributed by atoms with Crippen molar-refractivity contribution in [2.24, 2.45) is 0 Å². The van der Waals surface area contributed by atoms with E-state index in [1.165, 1.54) is 6.08 Å². The van der Waals surface area contributed by atoms with E-state index in [1.807, 2.05) is 25.1 Å². The zero-order chi connectivity index (χ0) is 17.8. The number of benzene rings is 1. The number of allylic oxidation sites excluding steroid dienone is 3. The molecule has 0 aliphatic heterocycles. The molecule has 0 unspecified atom stereocenters. The van der Waals surface area contributed by atoms with Crippen molar-refractivity contribution >= 4 is 11.9 Å². The molecule has 0 spiro atoms. The second-order valence-electron chi connectivity index (χ2n) is 4.78. The predicted molar refractivity (Wildman–Crippen MR) is 91.2 cm³/mol. The predicted octanol–water partition coefficient (Wildman–Crippen LogP) is 2.04. The fraction of sp³-hybridized carbons (Fsp3) is 0.333. The lowest BCUT2D eigenvalue weighted by molar-refractivity contribution is -0.143. The van der Waals surface area contributed by atoms with Gasteiger partial charge in [-0.05, 0) is 31.0 Å². The molecule has 24 heavy (non-hydrogen) atoms. The molecule has 0 aliphatic rings. The minimum Gasteiger partial charge on any atom is -0.493 e. The molecule has 0 bridgehead atoms. The van der Waals surface area contributed by atoms with Gasteiger partial charge in [-0.3, -0.25) is 4.79 Å². The maximum absolute atomic E-state index is 11.6. The SMILES string of the molecule is C/C=C/C=C/C(=O)OCC(=O)NCCc1ccc(OC)c(OC)c1. The van der Waals surface area contributed by atoms with E-state index in [1.54, 1.807) is 32.4 Å². The van der Waals surface area contributed by atoms with E-state index >= 15 is 0 Å². The molecule has 1 aromatic rings. The number of carbonyl (C=O) groups is 2. The van der Waals surface area contributed by atoms with Gasteiger partial charge < -0.3 is 19.5 Å². The lowest BCUT2D eigenvalue weighted by Crippen LogP contribution is -2.30. The molecule has 6 heteroatoms. The summed E-state index contributed by atoms with van der Waals surface area (Å²) >= 11 is 0. The molecule has 1 aromatic carbocycles. The van der Waals surface area contributed by atoms with Crippen LogP contribution in [0.4, 0.5) is 0 Å². The van der Waals surface area contributed by atoms with Gasteiger partial charge in [-0.2, -0.15) is 0 Å². The zero-order valence-corrected chi connectivity index (χ0v) is 14.2. The summed E-state index contributed by atoms with van der Waals surface area (Å²) in [5, 5.41) is 2.69. The number of rotatable bonds is 9. The van der Waals surface area contributed by atoms with Crippen LogP contribution in [0.5, 0.6) is 11.5 Å². The topological polar surface area (TPSA) is 73.9 Å². The molecular formula is C18H23NO5. The quantitative estimate of drug-likeness (QED) is 0.425. The van der Waals surface area contributed by atoms with Gasteiger partial charge in [-0.25, -0.2) is 4.79 Å². The highest BCUT2D eigenvalue weighted by Gasteiger charge is 2.06. The molecule has 0 saturated heterocycles. The molecule has 0 fully saturated rings. The number of carbonyl (C=O) groups excluding carboxylic acids is 2. The van der Waals surface area contributed by atoms with Crippen molar-refractivity contribution in [2.45, 2.75) is 13.3 Å². The third-order valence-corrected chi connectivity index (χ3v) is 3.07. The van der Waals surface area contributed by atoms with Crippen LogP contribution in [0.15, 0.2) is 42.5 Å². The molecule has 0 radical (unpaired) electrons. The van der Waals surface area contributed by atoms with Gasteiger partial charge in [0.1, 0.15) is 0 Å². The Labute approximate surface area is 142 Å². The largest absolute Gasteiger partial charge is 0.493 e. The van der Waals surface area contributed by atoms with Crippen molar-refractivity contribution in [2.75, 3.05) is 27.4 Å². The molecule has 6 nitrogen and oxygen atoms in total. The summed E-state index contributed by atoms with van der Waals surface area (Å²) in [7, 11) is 3.15. The van der Waals surface area contributed by atoms with Crippen LogP contribution in [-0.4, -0.2) is 39.2 Å². The van der Waals surface area contributed by atoms with E-state index in [0.29, 0.717) is 24.5 Å². The van der Waals surface area contributed by atoms with E-state index in [-0.39, 0.29) is 12.5 Å². The molecule has 1 rings (SSSR count). The van der Waals surface area contributed by atoms with Crippen molar-refractivity contribution in [1.29, 1.82) is 0 Å². The minimum atomic E-state index is -0.553. The van der Waals surface area contributed by atoms with Crippen LogP contribution in [0.25, 0.3) is 0 Å². The summed E-state index contributed by atoms with van der Waals surface area (Å²) in [6, 6.07) is 5.57. The van der Waals surface area contributed by atoms with Gasteiger partial charge in [0.15, 0.2) is 18.1 Å². The standard InChI is InChI=1S/C18H23NO5/c1-4-5-6-7-18(21)24-13-17(20)19-11-10-14-8-9-15(22-2)16(12-14)23-3/h4-9,12H,10-11,13H2,1-3H3,(H,19,20)/b5-4+,7-6+. The number of nitrogens with one attached hydrogen (secondary N) is 1. The maximum Gasteiger partial charge on any atom is 0.331 e. The Hall–Kier alpha value is -2.76. The van der Waals surface area contributed by atoms with Crippen molar-refractivity contribution in [3.8, 4) is 11.5 Å². The summed E-state index contributed by atoms with van der Waals surface area (Å²) in [6.07, 6.45) is 6.92. The van der Waals surface area contributed by atoms with E-state index in [2.05, 4.69) is 5.32 Å². The molecule has 0 saturated carbocycles. The van der Waals surface area contributed by atoms with E-state index < -0.39 is 5.97 Å². The van der Waals surface area contributed by atoms with Crippen LogP contribution in [0.2, 0.25) is 0 Å². The Balaban J connectivity index is 2.34. The Morgan fingerprint density at radius 1 is 1.12 bits per heavy atom. The summed E-state index contributed by atoms with van der Waals surface area (Å²) in [5.74, 6) is 0.401. The Bertz CT molecular complexity index is 607. The first-order valence-corrected chi connectivity index (χ1v) is 7.54. The first kappa shape index (κ1) is 19.3. The van der Waals surface area contributed by atoms with Gasteiger partial charge >= 0.3 is 5.97 Å². The second-order valence-corrected chi connectivity index (χ2v) is 4.78. The lowest BCUT2D eigenvalue weighted by atomic mass is 10.1. The normalized spacial score (nSPS) is 10.8. The van der Waals surface area contributed by atoms with Crippen LogP contribution >= 0.6 is 0 Å². The number of hydrogen-bond acceptors (Lipinski definition) is 5. The van der Waals surface area contributed by atoms with E-state index in [4.69, 9.17) is 14.2 Å². The third kappa shape index (κ3) is 7.00. The summed E-state index contributed by atoms with van der Waals surface area (Å²) in [6.45, 7) is 1.97. The van der Waals surface area contributed by atoms with Crippen LogP contribution in [-0.2, 0) is 20.7 Å². The van der Waals surface area contributed by atoms with Crippen LogP contribution in [0.1, 0.15) is 12.5 Å². The number of hydrogen-bond donors (Lipinski definition) is 1. The number of methoxy groups -OCH3 is 2. The monoisotopic (exact) mass is 333 g/mol. The van der Waals surface area contributed by atoms with Crippen LogP contribution in [0, 0.1) is 0 Å². The highest BCUT2D eigenvalue weighted by atomic mass is 16.5. The third-order valence-electron chi connectivity index (χ3n) is 3.07. The molecule has 1 N–H and O–H groups in total. The van der Waals surface area contributed by atoms with Crippen molar-refractivity contribution in [3.05, 3.63) is 48.1 Å². The lowest BCUT2D eigenvalue weighted by Gasteiger charge is -2.10. The Kier molecular flexibility index (Phi) is 8.74. The highest BCUT2D eigenvalue weighted by molar-refractivity contribution is 5.85. The molecule has 0 aliphatic carbocycles. The van der Waals surface area contributed by atoms with Gasteiger partial charge in [-0.15, -0.1) is 0 Å². The molecule has 1 amide bonds. The second kappa shape index (κ2) is 10.9. The van der Waals surface area contributed by atoms with Gasteiger partial charge in [0.05, 0.1) is 14.2 Å². The summed E-state index contributed by atoms with van der Waals surface area (Å²) < 4.78 is 15.2. The fourth-order valence-corrected chi connectivity index (χ4v) is 1.86. The average molecular weight is 333 g/mol. The smallest absolute Gasteiger partial charge is 0.331 e. The van der Waals surface area contributed by atoms with E-state index in [0.717, 1.165) is 5.56 Å². The Morgan fingerprint density at radius 3 is 2.54 bits per heavy atom. The molecular weight excluding hydrogens is 310 g/mol. The van der Waals surface area contributed by atoms with Crippen molar-refractivity contribution in [1.82, 2.24) is 5.32 Å². The average Bonchev–Trinajstić information content (AvgIpc) is 2.60. The first-order valence-electron chi connectivity index (χ1n) is 7.54. The van der Waals surface area contributed by atoms with Gasteiger partial charge in [0, 0.05) is 12.6 Å². The van der Waals surface area contributed by atoms with Gasteiger partial charge in [0.2, 0.25) is 0 Å². The molecule has 0 aromatic heterocycles. The summed E-state index contributed by atoms with van der Waals surface area (Å²) in [5.41, 5.74) is 0.999. The van der Waals surface area contributed by atoms with Crippen molar-refractivity contribution < 1.29 is 23.8 Å². The van der Waals surface area contributed by atoms with Crippen molar-refractivity contribution in [3.63, 3.8) is 0 Å². The number of ether oxygens (including phenoxy) is 3. The highest BCUT2D eigenvalue weighted by Crippen LogP contribution is 2.27. The first-order chi connectivity index (χ1) is 11.6. The number of esters is 1. The zero-order valence-electron chi connectivity index (χ0n) is 14.2. The summed E-state index contributed by atoms with van der Waals surface area (Å²) in [4.78, 5) is 22.9. The van der Waals surface area contributed by atoms with Crippen LogP contribution < -0.4 is 14.8 Å². The number of amides is 1. The molecule has 130 valence electrons. The fourth-order valence-electron chi connectivity index (χ4n) is 1.86. The van der Waals surface area contributed by atoms with E-state index in [9.17, 15) is 9.59 Å². The maximum atomic E-state index is 11.6. The van der Waals surface area contributed by atoms with Gasteiger partial charge in [0.25, 0.3) is 5.91 Å². The molecule has 0 atom stereocenters. The minimum absolute atomic E-state index is 0.301. The van der Waals surface area contributed by atoms with Gasteiger partial charge in [-0.1, -0.05) is 24.3 Å². The Morgan fingerprint density at radius 2 is 1.88 bits per heavy atom. The molecule has 0 heterocycles.